The number of alkyl halides is 1. The molecule has 1 unspecified atom stereocenters. The van der Waals surface area contributed by atoms with Gasteiger partial charge in [-0.1, -0.05) is 18.2 Å². The molecule has 3 fully saturated rings. The number of sulfone groups is 1. The van der Waals surface area contributed by atoms with E-state index in [9.17, 15) is 8.42 Å². The summed E-state index contributed by atoms with van der Waals surface area (Å²) in [7, 11) is -3.19. The molecule has 15 heavy (non-hydrogen) atoms. The molecule has 0 aliphatic heterocycles. The lowest BCUT2D eigenvalue weighted by molar-refractivity contribution is 0.0582. The van der Waals surface area contributed by atoms with Crippen LogP contribution in [0.15, 0.2) is 35.2 Å². The molecule has 2 bridgehead atoms. The summed E-state index contributed by atoms with van der Waals surface area (Å²) in [5.41, 5.74) is 0. The predicted molar refractivity (Wildman–Crippen MR) is 58.7 cm³/mol. The van der Waals surface area contributed by atoms with Crippen LogP contribution in [-0.2, 0) is 9.84 Å². The third-order valence-corrected chi connectivity index (χ3v) is 6.65. The monoisotopic (exact) mass is 242 g/mol. The first kappa shape index (κ1) is 9.67. The number of hydrogen-bond donors (Lipinski definition) is 0. The lowest BCUT2D eigenvalue weighted by atomic mass is 9.55. The first-order valence-electron chi connectivity index (χ1n) is 5.02. The average Bonchev–Trinajstić information content (AvgIpc) is 2.14. The fraction of sp³-hybridized carbons (Fsp3) is 0.455. The minimum atomic E-state index is -3.19. The Kier molecular flexibility index (Phi) is 1.79. The summed E-state index contributed by atoms with van der Waals surface area (Å²) >= 11 is 6.19. The minimum Gasteiger partial charge on any atom is -0.223 e. The van der Waals surface area contributed by atoms with Gasteiger partial charge < -0.3 is 0 Å². The maximum absolute atomic E-state index is 12.2. The fourth-order valence-corrected chi connectivity index (χ4v) is 5.85. The van der Waals surface area contributed by atoms with Gasteiger partial charge in [-0.05, 0) is 30.9 Å². The Bertz CT molecular complexity index is 489. The van der Waals surface area contributed by atoms with Gasteiger partial charge in [0.25, 0.3) is 0 Å². The van der Waals surface area contributed by atoms with Crippen LogP contribution in [0.2, 0.25) is 0 Å². The van der Waals surface area contributed by atoms with Crippen molar-refractivity contribution in [2.45, 2.75) is 27.9 Å². The minimum absolute atomic E-state index is 0.299. The fourth-order valence-electron chi connectivity index (χ4n) is 2.65. The second-order valence-corrected chi connectivity index (χ2v) is 7.30. The third-order valence-electron chi connectivity index (χ3n) is 3.55. The van der Waals surface area contributed by atoms with Crippen molar-refractivity contribution >= 4 is 21.4 Å². The molecule has 2 nitrogen and oxygen atoms in total. The summed E-state index contributed by atoms with van der Waals surface area (Å²) in [6.07, 6.45) is 1.73. The molecule has 0 N–H and O–H groups in total. The average molecular weight is 243 g/mol. The van der Waals surface area contributed by atoms with E-state index in [4.69, 9.17) is 11.6 Å². The van der Waals surface area contributed by atoms with Gasteiger partial charge in [0.15, 0.2) is 9.84 Å². The Labute approximate surface area is 94.2 Å². The topological polar surface area (TPSA) is 34.1 Å². The SMILES string of the molecule is O=S(=O)(c1ccccc1)C1C2CC1(Cl)C2. The van der Waals surface area contributed by atoms with Gasteiger partial charge in [0, 0.05) is 0 Å². The molecule has 4 rings (SSSR count). The van der Waals surface area contributed by atoms with Gasteiger partial charge in [0.05, 0.1) is 15.0 Å². The molecule has 0 saturated heterocycles. The molecule has 0 spiro atoms. The zero-order chi connectivity index (χ0) is 10.7. The quantitative estimate of drug-likeness (QED) is 0.746. The van der Waals surface area contributed by atoms with Crippen molar-refractivity contribution < 1.29 is 8.42 Å². The molecule has 1 atom stereocenters. The molecule has 0 heterocycles. The molecule has 0 radical (unpaired) electrons. The zero-order valence-corrected chi connectivity index (χ0v) is 9.63. The van der Waals surface area contributed by atoms with Crippen LogP contribution in [0.4, 0.5) is 0 Å². The maximum Gasteiger partial charge on any atom is 0.183 e. The molecule has 0 amide bonds. The van der Waals surface area contributed by atoms with Crippen LogP contribution in [0.1, 0.15) is 12.8 Å². The van der Waals surface area contributed by atoms with E-state index < -0.39 is 14.7 Å². The Hall–Kier alpha value is -0.540. The van der Waals surface area contributed by atoms with Crippen LogP contribution in [-0.4, -0.2) is 18.5 Å². The standard InChI is InChI=1S/C11H11ClO2S/c12-11-6-8(7-11)10(11)15(13,14)9-4-2-1-3-5-9/h1-5,8,10H,6-7H2. The van der Waals surface area contributed by atoms with Crippen molar-refractivity contribution in [2.24, 2.45) is 5.92 Å². The van der Waals surface area contributed by atoms with Gasteiger partial charge in [-0.15, -0.1) is 11.6 Å². The number of halogens is 1. The van der Waals surface area contributed by atoms with E-state index in [0.29, 0.717) is 10.8 Å². The predicted octanol–water partition coefficient (Wildman–Crippen LogP) is 2.23. The van der Waals surface area contributed by atoms with E-state index in [1.54, 1.807) is 24.3 Å². The Balaban J connectivity index is 2.00. The van der Waals surface area contributed by atoms with E-state index in [1.165, 1.54) is 0 Å². The van der Waals surface area contributed by atoms with Crippen molar-refractivity contribution in [3.05, 3.63) is 30.3 Å². The highest BCUT2D eigenvalue weighted by molar-refractivity contribution is 7.92. The van der Waals surface area contributed by atoms with Crippen LogP contribution < -0.4 is 0 Å². The molecule has 3 saturated carbocycles. The maximum atomic E-state index is 12.2. The summed E-state index contributed by atoms with van der Waals surface area (Å²) in [6, 6.07) is 8.60. The second kappa shape index (κ2) is 2.77. The van der Waals surface area contributed by atoms with E-state index in [-0.39, 0.29) is 5.25 Å². The van der Waals surface area contributed by atoms with E-state index in [2.05, 4.69) is 0 Å². The van der Waals surface area contributed by atoms with Crippen LogP contribution in [0, 0.1) is 5.92 Å². The Morgan fingerprint density at radius 3 is 2.20 bits per heavy atom. The number of benzene rings is 1. The van der Waals surface area contributed by atoms with Crippen molar-refractivity contribution in [1.29, 1.82) is 0 Å². The van der Waals surface area contributed by atoms with Crippen LogP contribution in [0.3, 0.4) is 0 Å². The van der Waals surface area contributed by atoms with Gasteiger partial charge in [-0.3, -0.25) is 0 Å². The normalized spacial score (nSPS) is 37.9. The Morgan fingerprint density at radius 1 is 1.20 bits per heavy atom. The summed E-state index contributed by atoms with van der Waals surface area (Å²) in [5, 5.41) is -0.339. The third kappa shape index (κ3) is 1.14. The van der Waals surface area contributed by atoms with Gasteiger partial charge in [0.1, 0.15) is 0 Å². The number of hydrogen-bond acceptors (Lipinski definition) is 2. The highest BCUT2D eigenvalue weighted by Crippen LogP contribution is 2.65. The molecular formula is C11H11ClO2S. The van der Waals surface area contributed by atoms with Crippen LogP contribution >= 0.6 is 11.6 Å². The largest absolute Gasteiger partial charge is 0.223 e. The summed E-state index contributed by atoms with van der Waals surface area (Å²) in [4.78, 5) is -0.0382. The molecular weight excluding hydrogens is 232 g/mol. The number of rotatable bonds is 2. The molecule has 3 aliphatic carbocycles. The second-order valence-electron chi connectivity index (χ2n) is 4.48. The van der Waals surface area contributed by atoms with Crippen LogP contribution in [0.25, 0.3) is 0 Å². The van der Waals surface area contributed by atoms with Crippen LogP contribution in [0.5, 0.6) is 0 Å². The Morgan fingerprint density at radius 2 is 1.80 bits per heavy atom. The molecule has 80 valence electrons. The molecule has 4 heteroatoms. The highest BCUT2D eigenvalue weighted by Gasteiger charge is 2.69. The zero-order valence-electron chi connectivity index (χ0n) is 8.06. The van der Waals surface area contributed by atoms with E-state index >= 15 is 0 Å². The summed E-state index contributed by atoms with van der Waals surface area (Å²) in [5.74, 6) is 0.299. The van der Waals surface area contributed by atoms with E-state index in [1.807, 2.05) is 6.07 Å². The smallest absolute Gasteiger partial charge is 0.183 e. The molecule has 1 aromatic carbocycles. The first-order chi connectivity index (χ1) is 7.04. The van der Waals surface area contributed by atoms with Crippen molar-refractivity contribution in [1.82, 2.24) is 0 Å². The highest BCUT2D eigenvalue weighted by atomic mass is 35.5. The molecule has 3 aliphatic rings. The summed E-state index contributed by atoms with van der Waals surface area (Å²) < 4.78 is 24.4. The molecule has 1 aromatic rings. The van der Waals surface area contributed by atoms with Crippen molar-refractivity contribution in [2.75, 3.05) is 0 Å². The lowest BCUT2D eigenvalue weighted by Crippen LogP contribution is -2.70. The molecule has 0 aromatic heterocycles. The van der Waals surface area contributed by atoms with Gasteiger partial charge in [-0.25, -0.2) is 8.42 Å². The van der Waals surface area contributed by atoms with Gasteiger partial charge >= 0.3 is 0 Å². The van der Waals surface area contributed by atoms with Gasteiger partial charge in [-0.2, -0.15) is 0 Å². The van der Waals surface area contributed by atoms with Crippen molar-refractivity contribution in [3.8, 4) is 0 Å². The lowest BCUT2D eigenvalue weighted by Gasteiger charge is -2.63. The van der Waals surface area contributed by atoms with E-state index in [0.717, 1.165) is 12.8 Å². The summed E-state index contributed by atoms with van der Waals surface area (Å²) in [6.45, 7) is 0. The van der Waals surface area contributed by atoms with Crippen molar-refractivity contribution in [3.63, 3.8) is 0 Å². The first-order valence-corrected chi connectivity index (χ1v) is 6.94. The van der Waals surface area contributed by atoms with Gasteiger partial charge in [0.2, 0.25) is 0 Å².